The Labute approximate surface area is 84.7 Å². The van der Waals surface area contributed by atoms with Gasteiger partial charge in [-0.1, -0.05) is 11.6 Å². The van der Waals surface area contributed by atoms with Gasteiger partial charge in [0.15, 0.2) is 0 Å². The Bertz CT molecular complexity index is 426. The Hall–Kier alpha value is -1.60. The summed E-state index contributed by atoms with van der Waals surface area (Å²) >= 11 is 5.52. The second kappa shape index (κ2) is 4.07. The second-order valence-electron chi connectivity index (χ2n) is 2.39. The smallest absolute Gasteiger partial charge is 0.340 e. The first-order valence-electron chi connectivity index (χ1n) is 3.58. The number of carbonyl (C=O) groups excluding carboxylic acids is 1. The molecular formula is C9H5ClFNO2. The van der Waals surface area contributed by atoms with Gasteiger partial charge in [-0.2, -0.15) is 5.26 Å². The van der Waals surface area contributed by atoms with E-state index in [1.54, 1.807) is 6.07 Å². The summed E-state index contributed by atoms with van der Waals surface area (Å²) in [5, 5.41) is 8.25. The summed E-state index contributed by atoms with van der Waals surface area (Å²) in [5.41, 5.74) is -0.250. The number of nitriles is 1. The molecule has 72 valence electrons. The number of hydrogen-bond acceptors (Lipinski definition) is 3. The summed E-state index contributed by atoms with van der Waals surface area (Å²) < 4.78 is 17.3. The van der Waals surface area contributed by atoms with E-state index in [1.165, 1.54) is 6.07 Å². The van der Waals surface area contributed by atoms with E-state index < -0.39 is 16.8 Å². The van der Waals surface area contributed by atoms with Crippen molar-refractivity contribution in [3.63, 3.8) is 0 Å². The number of benzene rings is 1. The van der Waals surface area contributed by atoms with Crippen LogP contribution in [0.2, 0.25) is 5.02 Å². The van der Waals surface area contributed by atoms with Gasteiger partial charge < -0.3 is 4.74 Å². The summed E-state index contributed by atoms with van der Waals surface area (Å²) in [6, 6.07) is 3.92. The maximum Gasteiger partial charge on any atom is 0.340 e. The van der Waals surface area contributed by atoms with E-state index in [9.17, 15) is 9.18 Å². The summed E-state index contributed by atoms with van der Waals surface area (Å²) in [4.78, 5) is 11.1. The molecule has 0 fully saturated rings. The maximum atomic E-state index is 12.9. The molecule has 1 rings (SSSR count). The number of esters is 1. The lowest BCUT2D eigenvalue weighted by molar-refractivity contribution is 0.0600. The molecule has 0 atom stereocenters. The third-order valence-electron chi connectivity index (χ3n) is 1.60. The topological polar surface area (TPSA) is 50.1 Å². The van der Waals surface area contributed by atoms with Gasteiger partial charge in [0.2, 0.25) is 0 Å². The van der Waals surface area contributed by atoms with Crippen LogP contribution in [0.4, 0.5) is 4.39 Å². The van der Waals surface area contributed by atoms with E-state index in [1.807, 2.05) is 0 Å². The lowest BCUT2D eigenvalue weighted by Crippen LogP contribution is -2.06. The molecule has 3 nitrogen and oxygen atoms in total. The Balaban J connectivity index is 3.45. The average Bonchev–Trinajstić information content (AvgIpc) is 2.20. The van der Waals surface area contributed by atoms with Crippen molar-refractivity contribution in [1.29, 1.82) is 5.26 Å². The highest BCUT2D eigenvalue weighted by Crippen LogP contribution is 2.23. The highest BCUT2D eigenvalue weighted by Gasteiger charge is 2.19. The number of hydrogen-bond donors (Lipinski definition) is 0. The van der Waals surface area contributed by atoms with Crippen molar-refractivity contribution in [2.24, 2.45) is 0 Å². The summed E-state index contributed by atoms with van der Waals surface area (Å²) in [6.07, 6.45) is 0. The Morgan fingerprint density at radius 1 is 1.64 bits per heavy atom. The third-order valence-corrected chi connectivity index (χ3v) is 1.97. The minimum absolute atomic E-state index is 0.0109. The number of carbonyl (C=O) groups is 1. The van der Waals surface area contributed by atoms with Crippen molar-refractivity contribution in [3.05, 3.63) is 34.1 Å². The molecule has 14 heavy (non-hydrogen) atoms. The lowest BCUT2D eigenvalue weighted by atomic mass is 10.1. The number of rotatable bonds is 1. The fourth-order valence-electron chi connectivity index (χ4n) is 0.945. The van der Waals surface area contributed by atoms with Gasteiger partial charge in [-0.05, 0) is 12.1 Å². The fourth-order valence-corrected chi connectivity index (χ4v) is 1.19. The molecule has 1 aromatic rings. The first kappa shape index (κ1) is 10.5. The quantitative estimate of drug-likeness (QED) is 0.672. The molecule has 0 heterocycles. The molecule has 5 heteroatoms. The molecular weight excluding hydrogens is 209 g/mol. The summed E-state index contributed by atoms with van der Waals surface area (Å²) in [6.45, 7) is 0. The van der Waals surface area contributed by atoms with Gasteiger partial charge in [0.05, 0.1) is 23.3 Å². The molecule has 0 saturated carbocycles. The van der Waals surface area contributed by atoms with Gasteiger partial charge in [-0.15, -0.1) is 0 Å². The zero-order chi connectivity index (χ0) is 10.7. The van der Waals surface area contributed by atoms with Crippen molar-refractivity contribution in [1.82, 2.24) is 0 Å². The van der Waals surface area contributed by atoms with Gasteiger partial charge in [-0.25, -0.2) is 9.18 Å². The van der Waals surface area contributed by atoms with Crippen molar-refractivity contribution in [3.8, 4) is 6.07 Å². The minimum Gasteiger partial charge on any atom is -0.465 e. The van der Waals surface area contributed by atoms with Crippen LogP contribution in [0.15, 0.2) is 12.1 Å². The fraction of sp³-hybridized carbons (Fsp3) is 0.111. The second-order valence-corrected chi connectivity index (χ2v) is 2.77. The van der Waals surface area contributed by atoms with Crippen molar-refractivity contribution < 1.29 is 13.9 Å². The summed E-state index contributed by atoms with van der Waals surface area (Å²) in [5.74, 6) is -1.59. The highest BCUT2D eigenvalue weighted by molar-refractivity contribution is 6.34. The number of ether oxygens (including phenoxy) is 1. The van der Waals surface area contributed by atoms with Gasteiger partial charge in [-0.3, -0.25) is 0 Å². The van der Waals surface area contributed by atoms with Crippen LogP contribution in [-0.2, 0) is 4.74 Å². The Morgan fingerprint density at radius 3 is 2.79 bits per heavy atom. The van der Waals surface area contributed by atoms with Crippen LogP contribution in [0.5, 0.6) is 0 Å². The normalized spacial score (nSPS) is 9.29. The minimum atomic E-state index is -0.828. The van der Waals surface area contributed by atoms with E-state index in [0.717, 1.165) is 13.2 Å². The van der Waals surface area contributed by atoms with Crippen molar-refractivity contribution >= 4 is 17.6 Å². The Morgan fingerprint density at radius 2 is 2.29 bits per heavy atom. The Kier molecular flexibility index (Phi) is 3.05. The SMILES string of the molecule is COC(=O)c1c(C#N)ccc(F)c1Cl. The molecule has 0 unspecified atom stereocenters. The molecule has 0 bridgehead atoms. The van der Waals surface area contributed by atoms with E-state index in [2.05, 4.69) is 4.74 Å². The zero-order valence-corrected chi connectivity index (χ0v) is 7.93. The third kappa shape index (κ3) is 1.68. The van der Waals surface area contributed by atoms with Crippen LogP contribution >= 0.6 is 11.6 Å². The van der Waals surface area contributed by atoms with Crippen LogP contribution in [0.3, 0.4) is 0 Å². The molecule has 0 amide bonds. The van der Waals surface area contributed by atoms with Gasteiger partial charge in [0.25, 0.3) is 0 Å². The van der Waals surface area contributed by atoms with E-state index in [-0.39, 0.29) is 11.1 Å². The molecule has 0 saturated heterocycles. The van der Waals surface area contributed by atoms with Crippen LogP contribution in [0.25, 0.3) is 0 Å². The largest absolute Gasteiger partial charge is 0.465 e. The zero-order valence-electron chi connectivity index (χ0n) is 7.17. The molecule has 1 aromatic carbocycles. The van der Waals surface area contributed by atoms with E-state index in [4.69, 9.17) is 16.9 Å². The van der Waals surface area contributed by atoms with Crippen LogP contribution < -0.4 is 0 Å². The van der Waals surface area contributed by atoms with Gasteiger partial charge >= 0.3 is 5.97 Å². The monoisotopic (exact) mass is 213 g/mol. The van der Waals surface area contributed by atoms with Gasteiger partial charge in [0.1, 0.15) is 11.9 Å². The van der Waals surface area contributed by atoms with Gasteiger partial charge in [0, 0.05) is 0 Å². The lowest BCUT2D eigenvalue weighted by Gasteiger charge is -2.04. The van der Waals surface area contributed by atoms with E-state index in [0.29, 0.717) is 0 Å². The average molecular weight is 214 g/mol. The predicted molar refractivity (Wildman–Crippen MR) is 47.5 cm³/mol. The van der Waals surface area contributed by atoms with Crippen LogP contribution in [0, 0.1) is 17.1 Å². The molecule has 0 aromatic heterocycles. The van der Waals surface area contributed by atoms with Crippen LogP contribution in [0.1, 0.15) is 15.9 Å². The first-order chi connectivity index (χ1) is 6.61. The summed E-state index contributed by atoms with van der Waals surface area (Å²) in [7, 11) is 1.13. The number of methoxy groups -OCH3 is 1. The highest BCUT2D eigenvalue weighted by atomic mass is 35.5. The number of nitrogens with zero attached hydrogens (tertiary/aromatic N) is 1. The number of halogens is 2. The molecule has 0 N–H and O–H groups in total. The predicted octanol–water partition coefficient (Wildman–Crippen LogP) is 2.14. The van der Waals surface area contributed by atoms with Crippen molar-refractivity contribution in [2.45, 2.75) is 0 Å². The molecule has 0 aliphatic carbocycles. The van der Waals surface area contributed by atoms with E-state index >= 15 is 0 Å². The van der Waals surface area contributed by atoms with Crippen molar-refractivity contribution in [2.75, 3.05) is 7.11 Å². The first-order valence-corrected chi connectivity index (χ1v) is 3.96. The molecule has 0 spiro atoms. The van der Waals surface area contributed by atoms with Crippen LogP contribution in [-0.4, -0.2) is 13.1 Å². The molecule has 0 radical (unpaired) electrons. The standard InChI is InChI=1S/C9H5ClFNO2/c1-14-9(13)7-5(4-12)2-3-6(11)8(7)10/h2-3H,1H3. The maximum absolute atomic E-state index is 12.9. The molecule has 0 aliphatic rings. The molecule has 0 aliphatic heterocycles.